The van der Waals surface area contributed by atoms with E-state index in [-0.39, 0.29) is 0 Å². The standard InChI is InChI=1S/C21H35N5O/c1-4-22-21(25-19-8-11-26(12-9-19)16(2)3)24-14-18-7-10-23-20(13-18)27-15-17-5-6-17/h7,10,13,16-17,19H,4-6,8-9,11-12,14-15H2,1-3H3,(H2,22,24,25). The molecule has 0 radical (unpaired) electrons. The predicted octanol–water partition coefficient (Wildman–Crippen LogP) is 2.80. The van der Waals surface area contributed by atoms with Crippen molar-refractivity contribution in [3.05, 3.63) is 23.9 Å². The number of hydrogen-bond acceptors (Lipinski definition) is 4. The molecule has 27 heavy (non-hydrogen) atoms. The number of likely N-dealkylation sites (tertiary alicyclic amines) is 1. The van der Waals surface area contributed by atoms with Gasteiger partial charge >= 0.3 is 0 Å². The lowest BCUT2D eigenvalue weighted by Gasteiger charge is -2.35. The zero-order valence-electron chi connectivity index (χ0n) is 17.1. The Bertz CT molecular complexity index is 606. The van der Waals surface area contributed by atoms with Gasteiger partial charge in [0, 0.05) is 44.0 Å². The predicted molar refractivity (Wildman–Crippen MR) is 110 cm³/mol. The molecule has 6 heteroatoms. The van der Waals surface area contributed by atoms with E-state index in [1.54, 1.807) is 0 Å². The van der Waals surface area contributed by atoms with Gasteiger partial charge in [0.15, 0.2) is 5.96 Å². The molecule has 0 spiro atoms. The van der Waals surface area contributed by atoms with Crippen molar-refractivity contribution in [1.29, 1.82) is 0 Å². The summed E-state index contributed by atoms with van der Waals surface area (Å²) >= 11 is 0. The lowest BCUT2D eigenvalue weighted by Crippen LogP contribution is -2.49. The summed E-state index contributed by atoms with van der Waals surface area (Å²) in [6, 6.07) is 5.15. The molecule has 1 aliphatic heterocycles. The molecule has 1 saturated carbocycles. The summed E-state index contributed by atoms with van der Waals surface area (Å²) in [6.45, 7) is 11.2. The Morgan fingerprint density at radius 3 is 2.74 bits per heavy atom. The van der Waals surface area contributed by atoms with Crippen molar-refractivity contribution >= 4 is 5.96 Å². The van der Waals surface area contributed by atoms with Crippen molar-refractivity contribution in [2.75, 3.05) is 26.2 Å². The fourth-order valence-electron chi connectivity index (χ4n) is 3.36. The maximum atomic E-state index is 5.78. The van der Waals surface area contributed by atoms with Crippen LogP contribution in [0.4, 0.5) is 0 Å². The van der Waals surface area contributed by atoms with Crippen LogP contribution in [-0.2, 0) is 6.54 Å². The van der Waals surface area contributed by atoms with E-state index in [1.165, 1.54) is 12.8 Å². The minimum atomic E-state index is 0.493. The smallest absolute Gasteiger partial charge is 0.213 e. The van der Waals surface area contributed by atoms with Gasteiger partial charge in [-0.25, -0.2) is 9.98 Å². The topological polar surface area (TPSA) is 61.8 Å². The molecule has 2 aliphatic rings. The monoisotopic (exact) mass is 373 g/mol. The average Bonchev–Trinajstić information content (AvgIpc) is 3.50. The zero-order chi connectivity index (χ0) is 19.1. The van der Waals surface area contributed by atoms with E-state index in [1.807, 2.05) is 18.3 Å². The summed E-state index contributed by atoms with van der Waals surface area (Å²) in [4.78, 5) is 11.6. The van der Waals surface area contributed by atoms with Crippen molar-refractivity contribution in [3.8, 4) is 5.88 Å². The molecule has 1 aromatic rings. The van der Waals surface area contributed by atoms with Crippen molar-refractivity contribution in [2.45, 2.75) is 65.1 Å². The molecule has 0 unspecified atom stereocenters. The van der Waals surface area contributed by atoms with Gasteiger partial charge in [-0.15, -0.1) is 0 Å². The highest BCUT2D eigenvalue weighted by Crippen LogP contribution is 2.29. The number of pyridine rings is 1. The molecule has 1 aliphatic carbocycles. The Balaban J connectivity index is 1.51. The van der Waals surface area contributed by atoms with Gasteiger partial charge in [0.25, 0.3) is 0 Å². The van der Waals surface area contributed by atoms with E-state index < -0.39 is 0 Å². The maximum Gasteiger partial charge on any atom is 0.213 e. The van der Waals surface area contributed by atoms with Crippen LogP contribution in [0.1, 0.15) is 52.0 Å². The van der Waals surface area contributed by atoms with E-state index >= 15 is 0 Å². The molecule has 0 atom stereocenters. The maximum absolute atomic E-state index is 5.78. The molecule has 0 bridgehead atoms. The molecule has 3 rings (SSSR count). The van der Waals surface area contributed by atoms with Gasteiger partial charge in [0.1, 0.15) is 0 Å². The summed E-state index contributed by atoms with van der Waals surface area (Å²) in [5.74, 6) is 2.35. The molecular weight excluding hydrogens is 338 g/mol. The normalized spacial score (nSPS) is 19.3. The highest BCUT2D eigenvalue weighted by Gasteiger charge is 2.22. The minimum absolute atomic E-state index is 0.493. The molecule has 0 aromatic carbocycles. The number of aromatic nitrogens is 1. The van der Waals surface area contributed by atoms with Crippen molar-refractivity contribution in [1.82, 2.24) is 20.5 Å². The van der Waals surface area contributed by atoms with Crippen molar-refractivity contribution in [2.24, 2.45) is 10.9 Å². The molecule has 0 amide bonds. The molecule has 2 N–H and O–H groups in total. The van der Waals surface area contributed by atoms with Gasteiger partial charge in [0.2, 0.25) is 5.88 Å². The van der Waals surface area contributed by atoms with Gasteiger partial charge < -0.3 is 20.3 Å². The second-order valence-corrected chi connectivity index (χ2v) is 8.00. The van der Waals surface area contributed by atoms with Gasteiger partial charge in [-0.2, -0.15) is 0 Å². The molecular formula is C21H35N5O. The van der Waals surface area contributed by atoms with E-state index in [4.69, 9.17) is 9.73 Å². The third-order valence-electron chi connectivity index (χ3n) is 5.33. The molecule has 6 nitrogen and oxygen atoms in total. The van der Waals surface area contributed by atoms with Gasteiger partial charge in [-0.05, 0) is 64.0 Å². The summed E-state index contributed by atoms with van der Waals surface area (Å²) < 4.78 is 5.78. The van der Waals surface area contributed by atoms with E-state index in [0.29, 0.717) is 24.5 Å². The first-order valence-electron chi connectivity index (χ1n) is 10.5. The molecule has 1 saturated heterocycles. The Labute approximate surface area is 163 Å². The Morgan fingerprint density at radius 1 is 1.30 bits per heavy atom. The molecule has 2 fully saturated rings. The average molecular weight is 374 g/mol. The number of aliphatic imine (C=N–C) groups is 1. The number of ether oxygens (including phenoxy) is 1. The van der Waals surface area contributed by atoms with Gasteiger partial charge in [-0.1, -0.05) is 0 Å². The van der Waals surface area contributed by atoms with E-state index in [0.717, 1.165) is 56.5 Å². The van der Waals surface area contributed by atoms with Gasteiger partial charge in [-0.3, -0.25) is 0 Å². The van der Waals surface area contributed by atoms with Crippen LogP contribution in [0, 0.1) is 5.92 Å². The lowest BCUT2D eigenvalue weighted by molar-refractivity contribution is 0.167. The van der Waals surface area contributed by atoms with E-state index in [2.05, 4.69) is 41.3 Å². The summed E-state index contributed by atoms with van der Waals surface area (Å²) in [6.07, 6.45) is 6.72. The highest BCUT2D eigenvalue weighted by atomic mass is 16.5. The second kappa shape index (κ2) is 9.93. The van der Waals surface area contributed by atoms with Crippen LogP contribution in [0.2, 0.25) is 0 Å². The number of piperidine rings is 1. The molecule has 150 valence electrons. The quantitative estimate of drug-likeness (QED) is 0.542. The van der Waals surface area contributed by atoms with Crippen LogP contribution in [0.5, 0.6) is 5.88 Å². The Kier molecular flexibility index (Phi) is 7.33. The number of guanidine groups is 1. The fourth-order valence-corrected chi connectivity index (χ4v) is 3.36. The summed E-state index contributed by atoms with van der Waals surface area (Å²) in [5, 5.41) is 6.99. The van der Waals surface area contributed by atoms with Crippen LogP contribution in [0.25, 0.3) is 0 Å². The first-order valence-corrected chi connectivity index (χ1v) is 10.5. The zero-order valence-corrected chi connectivity index (χ0v) is 17.1. The number of nitrogens with zero attached hydrogens (tertiary/aromatic N) is 3. The number of rotatable bonds is 8. The van der Waals surface area contributed by atoms with Crippen LogP contribution < -0.4 is 15.4 Å². The molecule has 2 heterocycles. The number of nitrogens with one attached hydrogen (secondary N) is 2. The van der Waals surface area contributed by atoms with Crippen LogP contribution in [0.3, 0.4) is 0 Å². The van der Waals surface area contributed by atoms with Gasteiger partial charge in [0.05, 0.1) is 13.2 Å². The minimum Gasteiger partial charge on any atom is -0.477 e. The Hall–Kier alpha value is -1.82. The van der Waals surface area contributed by atoms with Crippen molar-refractivity contribution < 1.29 is 4.74 Å². The highest BCUT2D eigenvalue weighted by molar-refractivity contribution is 5.80. The fraction of sp³-hybridized carbons (Fsp3) is 0.714. The summed E-state index contributed by atoms with van der Waals surface area (Å²) in [7, 11) is 0. The third-order valence-corrected chi connectivity index (χ3v) is 5.33. The first-order chi connectivity index (χ1) is 13.1. The molecule has 1 aromatic heterocycles. The second-order valence-electron chi connectivity index (χ2n) is 8.00. The largest absolute Gasteiger partial charge is 0.477 e. The first kappa shape index (κ1) is 19.9. The number of hydrogen-bond donors (Lipinski definition) is 2. The van der Waals surface area contributed by atoms with Crippen LogP contribution in [0.15, 0.2) is 23.3 Å². The van der Waals surface area contributed by atoms with Crippen LogP contribution >= 0.6 is 0 Å². The van der Waals surface area contributed by atoms with Crippen molar-refractivity contribution in [3.63, 3.8) is 0 Å². The lowest BCUT2D eigenvalue weighted by atomic mass is 10.0. The van der Waals surface area contributed by atoms with E-state index in [9.17, 15) is 0 Å². The van der Waals surface area contributed by atoms with Crippen LogP contribution in [-0.4, -0.2) is 54.2 Å². The summed E-state index contributed by atoms with van der Waals surface area (Å²) in [5.41, 5.74) is 1.13. The Morgan fingerprint density at radius 2 is 2.07 bits per heavy atom. The third kappa shape index (κ3) is 6.69. The SMILES string of the molecule is CCNC(=NCc1ccnc(OCC2CC2)c1)NC1CCN(C(C)C)CC1.